The Balaban J connectivity index is 0.000000224. The summed E-state index contributed by atoms with van der Waals surface area (Å²) in [5.74, 6) is -2.23. The number of carboxylic acid groups (broad SMARTS) is 3. The van der Waals surface area contributed by atoms with Crippen molar-refractivity contribution in [3.8, 4) is 22.3 Å². The third kappa shape index (κ3) is 14.5. The molecule has 13 nitrogen and oxygen atoms in total. The predicted octanol–water partition coefficient (Wildman–Crippen LogP) is 8.71. The summed E-state index contributed by atoms with van der Waals surface area (Å²) in [6.45, 7) is 2.49. The molecule has 0 unspecified atom stereocenters. The lowest BCUT2D eigenvalue weighted by Gasteiger charge is -2.19. The van der Waals surface area contributed by atoms with Gasteiger partial charge in [0.25, 0.3) is 0 Å². The smallest absolute Gasteiger partial charge is 0.409 e. The van der Waals surface area contributed by atoms with E-state index in [9.17, 15) is 24.0 Å². The van der Waals surface area contributed by atoms with Crippen LogP contribution in [0.5, 0.6) is 0 Å². The first-order valence-corrected chi connectivity index (χ1v) is 20.8. The number of hydrogen-bond acceptors (Lipinski definition) is 8. The quantitative estimate of drug-likeness (QED) is 0.0663. The maximum absolute atomic E-state index is 12.2. The van der Waals surface area contributed by atoms with E-state index in [1.165, 1.54) is 54.3 Å². The van der Waals surface area contributed by atoms with E-state index in [-0.39, 0.29) is 36.9 Å². The molecular formula is C48H59N3O10. The summed E-state index contributed by atoms with van der Waals surface area (Å²) >= 11 is 0. The van der Waals surface area contributed by atoms with Gasteiger partial charge < -0.3 is 39.9 Å². The second-order valence-electron chi connectivity index (χ2n) is 15.1. The van der Waals surface area contributed by atoms with E-state index in [2.05, 4.69) is 53.8 Å². The van der Waals surface area contributed by atoms with E-state index in [0.717, 1.165) is 19.4 Å². The Bertz CT molecular complexity index is 1840. The maximum atomic E-state index is 12.2. The number of carboxylic acids is 3. The summed E-state index contributed by atoms with van der Waals surface area (Å²) in [6, 6.07) is 32.9. The molecule has 61 heavy (non-hydrogen) atoms. The van der Waals surface area contributed by atoms with Crippen molar-refractivity contribution in [2.24, 2.45) is 0 Å². The van der Waals surface area contributed by atoms with Gasteiger partial charge in [-0.3, -0.25) is 14.4 Å². The molecule has 4 aromatic rings. The van der Waals surface area contributed by atoms with Crippen LogP contribution in [0.3, 0.4) is 0 Å². The van der Waals surface area contributed by atoms with Crippen LogP contribution in [0.15, 0.2) is 97.1 Å². The molecule has 2 amide bonds. The van der Waals surface area contributed by atoms with Crippen LogP contribution in [-0.4, -0.2) is 109 Å². The zero-order valence-corrected chi connectivity index (χ0v) is 35.4. The molecule has 0 spiro atoms. The number of hydrogen-bond donors (Lipinski definition) is 4. The van der Waals surface area contributed by atoms with Gasteiger partial charge in [-0.2, -0.15) is 0 Å². The standard InChI is InChI=1S/2C21H23NO4.C6H13NO2/c2*1-22(13-7-6-12-20(23)24)21(25)26-14-19-17-10-4-2-8-15(17)16-9-3-5-11-18(16)19;1-7-5-3-2-4-6(8)9/h2*2-5,8-11,19H,6-7,12-14H2,1H3,(H,23,24);7H,2-5H2,1H3,(H,8,9). The molecule has 326 valence electrons. The molecule has 0 heterocycles. The van der Waals surface area contributed by atoms with Gasteiger partial charge in [0, 0.05) is 58.3 Å². The van der Waals surface area contributed by atoms with Gasteiger partial charge in [-0.05, 0) is 96.6 Å². The van der Waals surface area contributed by atoms with Crippen LogP contribution in [-0.2, 0) is 23.9 Å². The van der Waals surface area contributed by atoms with Crippen LogP contribution in [0.25, 0.3) is 22.3 Å². The molecule has 4 N–H and O–H groups in total. The summed E-state index contributed by atoms with van der Waals surface area (Å²) in [5.41, 5.74) is 9.54. The number of ether oxygens (including phenoxy) is 2. The van der Waals surface area contributed by atoms with Crippen molar-refractivity contribution >= 4 is 30.1 Å². The highest BCUT2D eigenvalue weighted by Crippen LogP contribution is 2.45. The van der Waals surface area contributed by atoms with Crippen molar-refractivity contribution in [3.05, 3.63) is 119 Å². The van der Waals surface area contributed by atoms with Crippen LogP contribution in [0.4, 0.5) is 9.59 Å². The highest BCUT2D eigenvalue weighted by molar-refractivity contribution is 5.80. The van der Waals surface area contributed by atoms with Crippen LogP contribution in [0, 0.1) is 0 Å². The second kappa shape index (κ2) is 24.8. The summed E-state index contributed by atoms with van der Waals surface area (Å²) in [7, 11) is 5.22. The van der Waals surface area contributed by atoms with E-state index >= 15 is 0 Å². The first kappa shape index (κ1) is 47.5. The molecule has 13 heteroatoms. The minimum Gasteiger partial charge on any atom is -0.481 e. The zero-order valence-electron chi connectivity index (χ0n) is 35.4. The fraction of sp³-hybridized carbons (Fsp3) is 0.396. The van der Waals surface area contributed by atoms with Crippen molar-refractivity contribution in [3.63, 3.8) is 0 Å². The van der Waals surface area contributed by atoms with Crippen molar-refractivity contribution in [2.75, 3.05) is 54.0 Å². The molecule has 0 bridgehead atoms. The van der Waals surface area contributed by atoms with Gasteiger partial charge in [0.15, 0.2) is 0 Å². The molecule has 0 aliphatic heterocycles. The lowest BCUT2D eigenvalue weighted by atomic mass is 9.98. The normalized spacial score (nSPS) is 11.9. The van der Waals surface area contributed by atoms with Crippen molar-refractivity contribution < 1.29 is 48.8 Å². The SMILES string of the molecule is CN(CCCCC(=O)O)C(=O)OCC1c2ccccc2-c2ccccc21.CN(CCCCC(=O)O)C(=O)OCC1c2ccccc2-c2ccccc21.CNCCCCC(=O)O. The summed E-state index contributed by atoms with van der Waals surface area (Å²) in [5, 5.41) is 28.4. The van der Waals surface area contributed by atoms with Crippen molar-refractivity contribution in [1.82, 2.24) is 15.1 Å². The van der Waals surface area contributed by atoms with E-state index in [0.29, 0.717) is 58.4 Å². The third-order valence-electron chi connectivity index (χ3n) is 10.6. The molecule has 6 rings (SSSR count). The molecule has 0 radical (unpaired) electrons. The molecule has 0 atom stereocenters. The molecule has 0 fully saturated rings. The largest absolute Gasteiger partial charge is 0.481 e. The van der Waals surface area contributed by atoms with Crippen molar-refractivity contribution in [1.29, 1.82) is 0 Å². The highest BCUT2D eigenvalue weighted by atomic mass is 16.6. The van der Waals surface area contributed by atoms with Gasteiger partial charge in [-0.25, -0.2) is 9.59 Å². The first-order valence-electron chi connectivity index (χ1n) is 20.8. The molecule has 0 saturated carbocycles. The first-order chi connectivity index (χ1) is 29.4. The predicted molar refractivity (Wildman–Crippen MR) is 234 cm³/mol. The van der Waals surface area contributed by atoms with Crippen LogP contribution < -0.4 is 5.32 Å². The minimum absolute atomic E-state index is 0.0479. The third-order valence-corrected chi connectivity index (χ3v) is 10.6. The van der Waals surface area contributed by atoms with Gasteiger partial charge in [0.1, 0.15) is 13.2 Å². The lowest BCUT2D eigenvalue weighted by Crippen LogP contribution is -2.29. The second-order valence-corrected chi connectivity index (χ2v) is 15.1. The Morgan fingerprint density at radius 2 is 0.787 bits per heavy atom. The highest BCUT2D eigenvalue weighted by Gasteiger charge is 2.30. The molecule has 2 aliphatic carbocycles. The number of fused-ring (bicyclic) bond motifs is 6. The number of rotatable bonds is 19. The summed E-state index contributed by atoms with van der Waals surface area (Å²) in [4.78, 5) is 58.5. The van der Waals surface area contributed by atoms with Gasteiger partial charge in [0.05, 0.1) is 0 Å². The lowest BCUT2D eigenvalue weighted by molar-refractivity contribution is -0.138. The maximum Gasteiger partial charge on any atom is 0.409 e. The average molecular weight is 838 g/mol. The molecule has 0 saturated heterocycles. The van der Waals surface area contributed by atoms with E-state index in [1.54, 1.807) is 14.1 Å². The van der Waals surface area contributed by atoms with Crippen molar-refractivity contribution in [2.45, 2.75) is 69.6 Å². The molecule has 2 aliphatic rings. The number of benzene rings is 4. The van der Waals surface area contributed by atoms with Crippen LogP contribution in [0.1, 0.15) is 91.9 Å². The van der Waals surface area contributed by atoms with Gasteiger partial charge in [-0.15, -0.1) is 0 Å². The number of carbonyl (C=O) groups is 5. The average Bonchev–Trinajstić information content (AvgIpc) is 3.76. The Labute approximate surface area is 358 Å². The number of carbonyl (C=O) groups excluding carboxylic acids is 2. The van der Waals surface area contributed by atoms with Gasteiger partial charge in [-0.1, -0.05) is 97.1 Å². The number of unbranched alkanes of at least 4 members (excludes halogenated alkanes) is 3. The van der Waals surface area contributed by atoms with Gasteiger partial charge in [0.2, 0.25) is 0 Å². The Hall–Kier alpha value is -6.21. The zero-order chi connectivity index (χ0) is 44.1. The van der Waals surface area contributed by atoms with E-state index < -0.39 is 17.9 Å². The Kier molecular flexibility index (Phi) is 19.3. The number of aliphatic carboxylic acids is 3. The fourth-order valence-electron chi connectivity index (χ4n) is 7.42. The number of nitrogens with one attached hydrogen (secondary N) is 1. The van der Waals surface area contributed by atoms with E-state index in [4.69, 9.17) is 24.8 Å². The van der Waals surface area contributed by atoms with E-state index in [1.807, 2.05) is 55.6 Å². The Morgan fingerprint density at radius 1 is 0.492 bits per heavy atom. The summed E-state index contributed by atoms with van der Waals surface area (Å²) in [6.07, 6.45) is 3.91. The molecule has 0 aromatic heterocycles. The number of nitrogens with zero attached hydrogens (tertiary/aromatic N) is 2. The van der Waals surface area contributed by atoms with Crippen LogP contribution >= 0.6 is 0 Å². The summed E-state index contributed by atoms with van der Waals surface area (Å²) < 4.78 is 11.1. The molecule has 4 aromatic carbocycles. The topological polar surface area (TPSA) is 183 Å². The van der Waals surface area contributed by atoms with Crippen LogP contribution in [0.2, 0.25) is 0 Å². The van der Waals surface area contributed by atoms with Gasteiger partial charge >= 0.3 is 30.1 Å². The minimum atomic E-state index is -0.811. The fourth-order valence-corrected chi connectivity index (χ4v) is 7.42. The molecular weight excluding hydrogens is 779 g/mol. The Morgan fingerprint density at radius 3 is 1.08 bits per heavy atom. The monoisotopic (exact) mass is 837 g/mol. The number of amides is 2.